The van der Waals surface area contributed by atoms with E-state index in [4.69, 9.17) is 4.74 Å². The van der Waals surface area contributed by atoms with Gasteiger partial charge in [-0.3, -0.25) is 0 Å². The Balaban J connectivity index is 1.96. The maximum atomic E-state index is 12.6. The van der Waals surface area contributed by atoms with Crippen molar-refractivity contribution in [3.8, 4) is 0 Å². The Morgan fingerprint density at radius 3 is 3.00 bits per heavy atom. The Morgan fingerprint density at radius 1 is 1.40 bits per heavy atom. The van der Waals surface area contributed by atoms with Crippen molar-refractivity contribution in [3.05, 3.63) is 23.3 Å². The minimum Gasteiger partial charge on any atom is -0.385 e. The number of benzene rings is 1. The predicted molar refractivity (Wildman–Crippen MR) is 77.5 cm³/mol. The summed E-state index contributed by atoms with van der Waals surface area (Å²) in [5, 5.41) is 3.32. The summed E-state index contributed by atoms with van der Waals surface area (Å²) in [5.74, 6) is 0. The van der Waals surface area contributed by atoms with E-state index in [9.17, 15) is 8.42 Å². The topological polar surface area (TPSA) is 67.4 Å². The van der Waals surface area contributed by atoms with Crippen LogP contribution in [0.2, 0.25) is 0 Å². The molecule has 1 aromatic carbocycles. The first-order valence-electron chi connectivity index (χ1n) is 7.04. The van der Waals surface area contributed by atoms with Crippen LogP contribution in [0.25, 0.3) is 0 Å². The van der Waals surface area contributed by atoms with Gasteiger partial charge >= 0.3 is 0 Å². The summed E-state index contributed by atoms with van der Waals surface area (Å²) in [6, 6.07) is 3.49. The van der Waals surface area contributed by atoms with Crippen LogP contribution in [0.15, 0.2) is 17.0 Å². The van der Waals surface area contributed by atoms with Crippen molar-refractivity contribution >= 4 is 15.7 Å². The van der Waals surface area contributed by atoms with E-state index in [0.717, 1.165) is 42.6 Å². The van der Waals surface area contributed by atoms with E-state index in [1.807, 2.05) is 13.0 Å². The molecule has 0 spiro atoms. The highest BCUT2D eigenvalue weighted by atomic mass is 32.2. The van der Waals surface area contributed by atoms with Gasteiger partial charge in [0.1, 0.15) is 0 Å². The zero-order valence-electron chi connectivity index (χ0n) is 11.6. The minimum absolute atomic E-state index is 0.103. The molecular formula is C14H20N2O3S. The number of fused-ring (bicyclic) bond motifs is 1. The van der Waals surface area contributed by atoms with E-state index in [-0.39, 0.29) is 6.04 Å². The van der Waals surface area contributed by atoms with Gasteiger partial charge < -0.3 is 10.1 Å². The standard InChI is InChI=1S/C14H20N2O3S/c1-10-4-5-13(12-3-2-7-15-14(10)12)20(17,18)16-11-6-8-19-9-11/h4-5,11,15-16H,2-3,6-9H2,1H3. The first-order valence-corrected chi connectivity index (χ1v) is 8.53. The monoisotopic (exact) mass is 296 g/mol. The molecule has 20 heavy (non-hydrogen) atoms. The molecule has 110 valence electrons. The summed E-state index contributed by atoms with van der Waals surface area (Å²) < 4.78 is 33.1. The first-order chi connectivity index (χ1) is 9.58. The number of rotatable bonds is 3. The summed E-state index contributed by atoms with van der Waals surface area (Å²) in [6.07, 6.45) is 2.51. The van der Waals surface area contributed by atoms with Crippen LogP contribution in [0.5, 0.6) is 0 Å². The van der Waals surface area contributed by atoms with Crippen molar-refractivity contribution in [2.75, 3.05) is 25.1 Å². The summed E-state index contributed by atoms with van der Waals surface area (Å²) in [6.45, 7) is 4.00. The minimum atomic E-state index is -3.47. The van der Waals surface area contributed by atoms with E-state index < -0.39 is 10.0 Å². The fraction of sp³-hybridized carbons (Fsp3) is 0.571. The fourth-order valence-electron chi connectivity index (χ4n) is 2.88. The van der Waals surface area contributed by atoms with Crippen molar-refractivity contribution in [3.63, 3.8) is 0 Å². The zero-order valence-corrected chi connectivity index (χ0v) is 12.4. The van der Waals surface area contributed by atoms with Gasteiger partial charge in [-0.15, -0.1) is 0 Å². The van der Waals surface area contributed by atoms with Crippen LogP contribution in [0, 0.1) is 6.92 Å². The second-order valence-electron chi connectivity index (χ2n) is 5.45. The summed E-state index contributed by atoms with van der Waals surface area (Å²) in [5.41, 5.74) is 3.01. The van der Waals surface area contributed by atoms with E-state index >= 15 is 0 Å². The molecule has 0 amide bonds. The molecule has 2 heterocycles. The molecule has 1 fully saturated rings. The highest BCUT2D eigenvalue weighted by Crippen LogP contribution is 2.31. The maximum absolute atomic E-state index is 12.6. The normalized spacial score (nSPS) is 22.4. The molecule has 0 aromatic heterocycles. The van der Waals surface area contributed by atoms with Gasteiger partial charge in [0.15, 0.2) is 0 Å². The molecule has 2 aliphatic rings. The van der Waals surface area contributed by atoms with Gasteiger partial charge in [0.2, 0.25) is 10.0 Å². The van der Waals surface area contributed by atoms with Crippen LogP contribution < -0.4 is 10.0 Å². The molecule has 0 bridgehead atoms. The Labute approximate surface area is 119 Å². The average Bonchev–Trinajstić information content (AvgIpc) is 2.91. The van der Waals surface area contributed by atoms with Crippen molar-refractivity contribution < 1.29 is 13.2 Å². The average molecular weight is 296 g/mol. The Bertz CT molecular complexity index is 607. The van der Waals surface area contributed by atoms with E-state index in [2.05, 4.69) is 10.0 Å². The lowest BCUT2D eigenvalue weighted by atomic mass is 10.00. The quantitative estimate of drug-likeness (QED) is 0.885. The third-order valence-electron chi connectivity index (χ3n) is 3.92. The molecule has 1 saturated heterocycles. The molecule has 1 unspecified atom stereocenters. The number of nitrogens with one attached hydrogen (secondary N) is 2. The van der Waals surface area contributed by atoms with Gasteiger partial charge in [0.05, 0.1) is 11.5 Å². The van der Waals surface area contributed by atoms with Crippen LogP contribution in [-0.4, -0.2) is 34.2 Å². The highest BCUT2D eigenvalue weighted by molar-refractivity contribution is 7.89. The molecule has 0 aliphatic carbocycles. The van der Waals surface area contributed by atoms with E-state index in [0.29, 0.717) is 18.1 Å². The van der Waals surface area contributed by atoms with Gasteiger partial charge in [-0.05, 0) is 43.4 Å². The summed E-state index contributed by atoms with van der Waals surface area (Å²) >= 11 is 0. The molecule has 2 aliphatic heterocycles. The Kier molecular flexibility index (Phi) is 3.70. The first kappa shape index (κ1) is 13.9. The van der Waals surface area contributed by atoms with Gasteiger partial charge in [0.25, 0.3) is 0 Å². The van der Waals surface area contributed by atoms with Crippen molar-refractivity contribution in [2.45, 2.75) is 37.1 Å². The number of ether oxygens (including phenoxy) is 1. The van der Waals surface area contributed by atoms with Crippen LogP contribution in [-0.2, 0) is 21.2 Å². The number of hydrogen-bond donors (Lipinski definition) is 2. The lowest BCUT2D eigenvalue weighted by molar-refractivity contribution is 0.192. The number of anilines is 1. The van der Waals surface area contributed by atoms with Gasteiger partial charge in [-0.25, -0.2) is 13.1 Å². The second kappa shape index (κ2) is 5.35. The van der Waals surface area contributed by atoms with Crippen molar-refractivity contribution in [2.24, 2.45) is 0 Å². The molecule has 2 N–H and O–H groups in total. The van der Waals surface area contributed by atoms with Gasteiger partial charge in [-0.2, -0.15) is 0 Å². The fourth-order valence-corrected chi connectivity index (χ4v) is 4.41. The molecule has 5 nitrogen and oxygen atoms in total. The molecule has 3 rings (SSSR count). The molecular weight excluding hydrogens is 276 g/mol. The molecule has 6 heteroatoms. The van der Waals surface area contributed by atoms with Crippen LogP contribution in [0.3, 0.4) is 0 Å². The lowest BCUT2D eigenvalue weighted by Crippen LogP contribution is -2.35. The second-order valence-corrected chi connectivity index (χ2v) is 7.13. The van der Waals surface area contributed by atoms with E-state index in [1.54, 1.807) is 6.07 Å². The predicted octanol–water partition coefficient (Wildman–Crippen LogP) is 1.42. The number of hydrogen-bond acceptors (Lipinski definition) is 4. The Morgan fingerprint density at radius 2 is 2.25 bits per heavy atom. The smallest absolute Gasteiger partial charge is 0.241 e. The van der Waals surface area contributed by atoms with Crippen molar-refractivity contribution in [1.82, 2.24) is 4.72 Å². The van der Waals surface area contributed by atoms with Crippen LogP contribution >= 0.6 is 0 Å². The molecule has 0 saturated carbocycles. The highest BCUT2D eigenvalue weighted by Gasteiger charge is 2.27. The Hall–Kier alpha value is -1.11. The SMILES string of the molecule is Cc1ccc(S(=O)(=O)NC2CCOC2)c2c1NCCC2. The van der Waals surface area contributed by atoms with Crippen LogP contribution in [0.1, 0.15) is 24.0 Å². The largest absolute Gasteiger partial charge is 0.385 e. The third kappa shape index (κ3) is 2.55. The summed E-state index contributed by atoms with van der Waals surface area (Å²) in [7, 11) is -3.47. The molecule has 1 aromatic rings. The number of aryl methyl sites for hydroxylation is 1. The van der Waals surface area contributed by atoms with Gasteiger partial charge in [-0.1, -0.05) is 6.07 Å². The lowest BCUT2D eigenvalue weighted by Gasteiger charge is -2.23. The third-order valence-corrected chi connectivity index (χ3v) is 5.53. The number of sulfonamides is 1. The molecule has 0 radical (unpaired) electrons. The summed E-state index contributed by atoms with van der Waals surface area (Å²) in [4.78, 5) is 0.414. The van der Waals surface area contributed by atoms with Gasteiger partial charge in [0, 0.05) is 24.9 Å². The van der Waals surface area contributed by atoms with E-state index in [1.165, 1.54) is 0 Å². The van der Waals surface area contributed by atoms with Crippen LogP contribution in [0.4, 0.5) is 5.69 Å². The van der Waals surface area contributed by atoms with Crippen molar-refractivity contribution in [1.29, 1.82) is 0 Å². The maximum Gasteiger partial charge on any atom is 0.241 e. The molecule has 1 atom stereocenters. The zero-order chi connectivity index (χ0) is 14.2.